The second-order valence-corrected chi connectivity index (χ2v) is 3.50. The highest BCUT2D eigenvalue weighted by molar-refractivity contribution is 7.07. The molecule has 0 saturated heterocycles. The van der Waals surface area contributed by atoms with Crippen LogP contribution in [0.25, 0.3) is 0 Å². The van der Waals surface area contributed by atoms with E-state index in [1.807, 2.05) is 19.2 Å². The molecular weight excluding hydrogens is 158 g/mol. The molecule has 1 aromatic heterocycles. The molecule has 1 rings (SSSR count). The molecule has 0 spiro atoms. The maximum atomic E-state index is 11.2. The lowest BCUT2D eigenvalue weighted by molar-refractivity contribution is -0.121. The van der Waals surface area contributed by atoms with Crippen molar-refractivity contribution in [2.75, 3.05) is 0 Å². The van der Waals surface area contributed by atoms with Crippen molar-refractivity contribution in [2.45, 2.75) is 20.3 Å². The van der Waals surface area contributed by atoms with Crippen molar-refractivity contribution in [3.05, 3.63) is 16.6 Å². The molecule has 0 saturated carbocycles. The van der Waals surface area contributed by atoms with E-state index in [4.69, 9.17) is 0 Å². The second kappa shape index (κ2) is 3.62. The van der Waals surface area contributed by atoms with Crippen molar-refractivity contribution >= 4 is 17.1 Å². The van der Waals surface area contributed by atoms with Crippen molar-refractivity contribution in [3.63, 3.8) is 0 Å². The standard InChI is InChI=1S/C8H11NOS/c1-6(2)8(10)3-7-4-11-5-9-7/h4-6H,3H2,1-2H3. The number of hydrogen-bond acceptors (Lipinski definition) is 3. The average Bonchev–Trinajstić information content (AvgIpc) is 2.39. The summed E-state index contributed by atoms with van der Waals surface area (Å²) in [6, 6.07) is 0. The maximum Gasteiger partial charge on any atom is 0.141 e. The number of Topliss-reactive ketones (excluding diaryl/α,β-unsaturated/α-hetero) is 1. The van der Waals surface area contributed by atoms with Gasteiger partial charge < -0.3 is 0 Å². The van der Waals surface area contributed by atoms with E-state index in [0.717, 1.165) is 5.69 Å². The lowest BCUT2D eigenvalue weighted by atomic mass is 10.1. The van der Waals surface area contributed by atoms with Gasteiger partial charge in [-0.1, -0.05) is 13.8 Å². The number of carbonyl (C=O) groups excluding carboxylic acids is 1. The molecule has 0 aliphatic heterocycles. The fourth-order valence-electron chi connectivity index (χ4n) is 0.707. The number of nitrogens with zero attached hydrogens (tertiary/aromatic N) is 1. The molecule has 3 heteroatoms. The molecule has 1 heterocycles. The van der Waals surface area contributed by atoms with Crippen LogP contribution in [0.2, 0.25) is 0 Å². The van der Waals surface area contributed by atoms with Crippen LogP contribution in [0.3, 0.4) is 0 Å². The Kier molecular flexibility index (Phi) is 2.76. The largest absolute Gasteiger partial charge is 0.299 e. The lowest BCUT2D eigenvalue weighted by Gasteiger charge is -1.99. The van der Waals surface area contributed by atoms with Gasteiger partial charge in [-0.15, -0.1) is 11.3 Å². The van der Waals surface area contributed by atoms with Gasteiger partial charge in [-0.05, 0) is 0 Å². The first-order valence-corrected chi connectivity index (χ1v) is 4.54. The lowest BCUT2D eigenvalue weighted by Crippen LogP contribution is -2.10. The van der Waals surface area contributed by atoms with E-state index < -0.39 is 0 Å². The van der Waals surface area contributed by atoms with E-state index >= 15 is 0 Å². The fourth-order valence-corrected chi connectivity index (χ4v) is 1.27. The highest BCUT2D eigenvalue weighted by Crippen LogP contribution is 2.05. The topological polar surface area (TPSA) is 30.0 Å². The molecule has 1 aromatic rings. The summed E-state index contributed by atoms with van der Waals surface area (Å²) in [5.41, 5.74) is 2.65. The summed E-state index contributed by atoms with van der Waals surface area (Å²) in [6.45, 7) is 3.82. The van der Waals surface area contributed by atoms with Crippen molar-refractivity contribution in [3.8, 4) is 0 Å². The molecule has 0 aliphatic rings. The number of hydrogen-bond donors (Lipinski definition) is 0. The third kappa shape index (κ3) is 2.42. The zero-order valence-corrected chi connectivity index (χ0v) is 7.52. The summed E-state index contributed by atoms with van der Waals surface area (Å²) in [7, 11) is 0. The van der Waals surface area contributed by atoms with Gasteiger partial charge in [0.15, 0.2) is 0 Å². The van der Waals surface area contributed by atoms with E-state index in [1.165, 1.54) is 11.3 Å². The van der Waals surface area contributed by atoms with Crippen LogP contribution in [-0.4, -0.2) is 10.8 Å². The number of aromatic nitrogens is 1. The predicted octanol–water partition coefficient (Wildman–Crippen LogP) is 1.91. The molecule has 0 aliphatic carbocycles. The molecule has 0 radical (unpaired) electrons. The van der Waals surface area contributed by atoms with Crippen LogP contribution in [0.1, 0.15) is 19.5 Å². The Balaban J connectivity index is 2.50. The predicted molar refractivity (Wildman–Crippen MR) is 45.7 cm³/mol. The van der Waals surface area contributed by atoms with Crippen molar-refractivity contribution in [1.82, 2.24) is 4.98 Å². The van der Waals surface area contributed by atoms with Crippen LogP contribution >= 0.6 is 11.3 Å². The van der Waals surface area contributed by atoms with Crippen molar-refractivity contribution in [2.24, 2.45) is 5.92 Å². The first kappa shape index (κ1) is 8.40. The normalized spacial score (nSPS) is 10.5. The maximum absolute atomic E-state index is 11.2. The Morgan fingerprint density at radius 3 is 2.91 bits per heavy atom. The minimum atomic E-state index is 0.122. The van der Waals surface area contributed by atoms with Crippen molar-refractivity contribution < 1.29 is 4.79 Å². The summed E-state index contributed by atoms with van der Waals surface area (Å²) >= 11 is 1.53. The molecule has 0 bridgehead atoms. The van der Waals surface area contributed by atoms with Gasteiger partial charge in [0.05, 0.1) is 11.2 Å². The molecule has 11 heavy (non-hydrogen) atoms. The molecule has 60 valence electrons. The minimum absolute atomic E-state index is 0.122. The molecule has 0 atom stereocenters. The fraction of sp³-hybridized carbons (Fsp3) is 0.500. The summed E-state index contributed by atoms with van der Waals surface area (Å²) in [6.07, 6.45) is 0.487. The summed E-state index contributed by atoms with van der Waals surface area (Å²) in [5, 5.41) is 1.92. The smallest absolute Gasteiger partial charge is 0.141 e. The number of ketones is 1. The number of rotatable bonds is 3. The Labute approximate surface area is 70.3 Å². The van der Waals surface area contributed by atoms with E-state index in [-0.39, 0.29) is 11.7 Å². The number of carbonyl (C=O) groups is 1. The molecule has 2 nitrogen and oxygen atoms in total. The molecule has 0 fully saturated rings. The highest BCUT2D eigenvalue weighted by atomic mass is 32.1. The van der Waals surface area contributed by atoms with E-state index in [9.17, 15) is 4.79 Å². The Morgan fingerprint density at radius 1 is 1.73 bits per heavy atom. The van der Waals surface area contributed by atoms with E-state index in [0.29, 0.717) is 6.42 Å². The van der Waals surface area contributed by atoms with E-state index in [2.05, 4.69) is 4.98 Å². The SMILES string of the molecule is CC(C)C(=O)Cc1cscn1. The van der Waals surface area contributed by atoms with Gasteiger partial charge >= 0.3 is 0 Å². The van der Waals surface area contributed by atoms with Crippen LogP contribution in [0.4, 0.5) is 0 Å². The van der Waals surface area contributed by atoms with Gasteiger partial charge in [-0.25, -0.2) is 4.98 Å². The van der Waals surface area contributed by atoms with Gasteiger partial charge in [-0.2, -0.15) is 0 Å². The highest BCUT2D eigenvalue weighted by Gasteiger charge is 2.08. The van der Waals surface area contributed by atoms with Crippen LogP contribution in [0.15, 0.2) is 10.9 Å². The zero-order chi connectivity index (χ0) is 8.27. The third-order valence-corrected chi connectivity index (χ3v) is 2.12. The van der Waals surface area contributed by atoms with E-state index in [1.54, 1.807) is 5.51 Å². The second-order valence-electron chi connectivity index (χ2n) is 2.78. The summed E-state index contributed by atoms with van der Waals surface area (Å²) in [5.74, 6) is 0.382. The minimum Gasteiger partial charge on any atom is -0.299 e. The Bertz CT molecular complexity index is 228. The molecular formula is C8H11NOS. The van der Waals surface area contributed by atoms with Crippen LogP contribution in [0, 0.1) is 5.92 Å². The Hall–Kier alpha value is -0.700. The van der Waals surface area contributed by atoms with Gasteiger partial charge in [0, 0.05) is 17.7 Å². The van der Waals surface area contributed by atoms with Crippen LogP contribution in [0.5, 0.6) is 0 Å². The third-order valence-electron chi connectivity index (χ3n) is 1.48. The average molecular weight is 169 g/mol. The quantitative estimate of drug-likeness (QED) is 0.691. The summed E-state index contributed by atoms with van der Waals surface area (Å²) in [4.78, 5) is 15.2. The van der Waals surface area contributed by atoms with Gasteiger partial charge in [0.2, 0.25) is 0 Å². The Morgan fingerprint density at radius 2 is 2.45 bits per heavy atom. The molecule has 0 unspecified atom stereocenters. The first-order chi connectivity index (χ1) is 5.20. The summed E-state index contributed by atoms with van der Waals surface area (Å²) < 4.78 is 0. The van der Waals surface area contributed by atoms with Crippen LogP contribution in [-0.2, 0) is 11.2 Å². The number of thiazole rings is 1. The van der Waals surface area contributed by atoms with Crippen LogP contribution < -0.4 is 0 Å². The van der Waals surface area contributed by atoms with Crippen molar-refractivity contribution in [1.29, 1.82) is 0 Å². The molecule has 0 N–H and O–H groups in total. The van der Waals surface area contributed by atoms with Gasteiger partial charge in [-0.3, -0.25) is 4.79 Å². The van der Waals surface area contributed by atoms with Gasteiger partial charge in [0.1, 0.15) is 5.78 Å². The van der Waals surface area contributed by atoms with Gasteiger partial charge in [0.25, 0.3) is 0 Å². The zero-order valence-electron chi connectivity index (χ0n) is 6.70. The molecule has 0 amide bonds. The molecule has 0 aromatic carbocycles. The first-order valence-electron chi connectivity index (χ1n) is 3.60. The monoisotopic (exact) mass is 169 g/mol.